The van der Waals surface area contributed by atoms with Crippen LogP contribution in [0.5, 0.6) is 0 Å². The van der Waals surface area contributed by atoms with Crippen LogP contribution in [0, 0.1) is 6.92 Å². The molecule has 7 heteroatoms. The van der Waals surface area contributed by atoms with Gasteiger partial charge in [0.1, 0.15) is 0 Å². The smallest absolute Gasteiger partial charge is 0.261 e. The van der Waals surface area contributed by atoms with Gasteiger partial charge < -0.3 is 10.2 Å². The zero-order valence-electron chi connectivity index (χ0n) is 16.5. The van der Waals surface area contributed by atoms with E-state index in [0.717, 1.165) is 21.7 Å². The van der Waals surface area contributed by atoms with Crippen molar-refractivity contribution in [3.63, 3.8) is 0 Å². The predicted octanol–water partition coefficient (Wildman–Crippen LogP) is 4.01. The monoisotopic (exact) mass is 426 g/mol. The lowest BCUT2D eigenvalue weighted by molar-refractivity contribution is 0.0955. The molecule has 0 fully saturated rings. The van der Waals surface area contributed by atoms with E-state index in [0.29, 0.717) is 27.4 Å². The second kappa shape index (κ2) is 7.31. The highest BCUT2D eigenvalue weighted by Crippen LogP contribution is 2.43. The number of hydrogen-bond donors (Lipinski definition) is 1. The van der Waals surface area contributed by atoms with Crippen LogP contribution in [0.15, 0.2) is 53.4 Å². The molecule has 0 unspecified atom stereocenters. The number of carbonyl (C=O) groups is 1. The summed E-state index contributed by atoms with van der Waals surface area (Å²) in [6.07, 6.45) is 0. The van der Waals surface area contributed by atoms with E-state index in [4.69, 9.17) is 0 Å². The number of rotatable bonds is 4. The van der Waals surface area contributed by atoms with E-state index < -0.39 is 9.84 Å². The SMILES string of the molecule is Cc1ccc2c(c1)S(=O)(=O)Cc1cc(C(=O)NCc3ccc(N(C)C)cc3)sc1-2. The number of benzene rings is 2. The van der Waals surface area contributed by atoms with Crippen molar-refractivity contribution < 1.29 is 13.2 Å². The zero-order chi connectivity index (χ0) is 20.8. The number of carbonyl (C=O) groups excluding carboxylic acids is 1. The number of amides is 1. The van der Waals surface area contributed by atoms with Gasteiger partial charge in [0, 0.05) is 36.8 Å². The van der Waals surface area contributed by atoms with Crippen molar-refractivity contribution in [2.45, 2.75) is 24.1 Å². The number of aryl methyl sites for hydroxylation is 1. The van der Waals surface area contributed by atoms with Gasteiger partial charge in [0.05, 0.1) is 15.5 Å². The van der Waals surface area contributed by atoms with Gasteiger partial charge in [0.2, 0.25) is 0 Å². The predicted molar refractivity (Wildman–Crippen MR) is 117 cm³/mol. The molecule has 2 aromatic carbocycles. The van der Waals surface area contributed by atoms with Gasteiger partial charge in [-0.3, -0.25) is 4.79 Å². The van der Waals surface area contributed by atoms with Gasteiger partial charge in [0.25, 0.3) is 5.91 Å². The van der Waals surface area contributed by atoms with Gasteiger partial charge >= 0.3 is 0 Å². The molecule has 1 amide bonds. The van der Waals surface area contributed by atoms with Crippen molar-refractivity contribution in [3.05, 3.63) is 70.1 Å². The van der Waals surface area contributed by atoms with Gasteiger partial charge in [-0.2, -0.15) is 0 Å². The van der Waals surface area contributed by atoms with Crippen LogP contribution in [0.2, 0.25) is 0 Å². The first kappa shape index (κ1) is 19.7. The molecule has 0 saturated carbocycles. The molecule has 2 heterocycles. The fourth-order valence-electron chi connectivity index (χ4n) is 3.41. The molecule has 29 heavy (non-hydrogen) atoms. The Bertz CT molecular complexity index is 1190. The highest BCUT2D eigenvalue weighted by Gasteiger charge is 2.30. The first-order chi connectivity index (χ1) is 13.7. The molecule has 1 aliphatic heterocycles. The van der Waals surface area contributed by atoms with Crippen molar-refractivity contribution in [1.82, 2.24) is 5.32 Å². The summed E-state index contributed by atoms with van der Waals surface area (Å²) in [5, 5.41) is 2.94. The van der Waals surface area contributed by atoms with Crippen LogP contribution in [0.4, 0.5) is 5.69 Å². The number of nitrogens with zero attached hydrogens (tertiary/aromatic N) is 1. The Balaban J connectivity index is 1.56. The minimum absolute atomic E-state index is 0.0609. The van der Waals surface area contributed by atoms with Crippen molar-refractivity contribution in [1.29, 1.82) is 0 Å². The Kier molecular flexibility index (Phi) is 4.96. The van der Waals surface area contributed by atoms with Crippen molar-refractivity contribution >= 4 is 32.8 Å². The molecule has 1 aromatic heterocycles. The van der Waals surface area contributed by atoms with E-state index in [1.165, 1.54) is 11.3 Å². The molecule has 0 bridgehead atoms. The third-order valence-electron chi connectivity index (χ3n) is 5.00. The fourth-order valence-corrected chi connectivity index (χ4v) is 6.37. The molecule has 1 N–H and O–H groups in total. The quantitative estimate of drug-likeness (QED) is 0.685. The van der Waals surface area contributed by atoms with E-state index in [1.807, 2.05) is 62.3 Å². The number of nitrogens with one attached hydrogen (secondary N) is 1. The molecule has 150 valence electrons. The van der Waals surface area contributed by atoms with E-state index in [9.17, 15) is 13.2 Å². The minimum atomic E-state index is -3.39. The summed E-state index contributed by atoms with van der Waals surface area (Å²) in [6.45, 7) is 2.30. The normalized spacial score (nSPS) is 14.0. The average molecular weight is 427 g/mol. The topological polar surface area (TPSA) is 66.5 Å². The largest absolute Gasteiger partial charge is 0.378 e. The zero-order valence-corrected chi connectivity index (χ0v) is 18.2. The Hall–Kier alpha value is -2.64. The minimum Gasteiger partial charge on any atom is -0.378 e. The molecular formula is C22H22N2O3S2. The van der Waals surface area contributed by atoms with Crippen LogP contribution >= 0.6 is 11.3 Å². The lowest BCUT2D eigenvalue weighted by Crippen LogP contribution is -2.21. The van der Waals surface area contributed by atoms with Crippen molar-refractivity contribution in [2.24, 2.45) is 0 Å². The molecule has 0 aliphatic carbocycles. The molecule has 1 aliphatic rings. The number of fused-ring (bicyclic) bond motifs is 3. The molecule has 0 radical (unpaired) electrons. The molecule has 0 spiro atoms. The van der Waals surface area contributed by atoms with Crippen LogP contribution in [0.3, 0.4) is 0 Å². The Morgan fingerprint density at radius 1 is 1.10 bits per heavy atom. The summed E-state index contributed by atoms with van der Waals surface area (Å²) < 4.78 is 25.3. The van der Waals surface area contributed by atoms with Crippen molar-refractivity contribution in [2.75, 3.05) is 19.0 Å². The summed E-state index contributed by atoms with van der Waals surface area (Å²) in [7, 11) is 0.577. The summed E-state index contributed by atoms with van der Waals surface area (Å²) in [5.74, 6) is -0.249. The third kappa shape index (κ3) is 3.80. The Morgan fingerprint density at radius 2 is 1.83 bits per heavy atom. The van der Waals surface area contributed by atoms with Gasteiger partial charge in [-0.1, -0.05) is 24.3 Å². The van der Waals surface area contributed by atoms with E-state index >= 15 is 0 Å². The second-order valence-electron chi connectivity index (χ2n) is 7.47. The summed E-state index contributed by atoms with van der Waals surface area (Å²) in [5.41, 5.74) is 4.41. The summed E-state index contributed by atoms with van der Waals surface area (Å²) in [4.78, 5) is 16.5. The highest BCUT2D eigenvalue weighted by atomic mass is 32.2. The maximum atomic E-state index is 12.7. The Labute approximate surface area is 174 Å². The Morgan fingerprint density at radius 3 is 2.52 bits per heavy atom. The molecule has 3 aromatic rings. The third-order valence-corrected chi connectivity index (χ3v) is 7.91. The van der Waals surface area contributed by atoms with Gasteiger partial charge in [-0.15, -0.1) is 11.3 Å². The highest BCUT2D eigenvalue weighted by molar-refractivity contribution is 7.91. The number of thiophene rings is 1. The van der Waals surface area contributed by atoms with Crippen LogP contribution in [-0.2, 0) is 22.1 Å². The average Bonchev–Trinajstić information content (AvgIpc) is 3.09. The van der Waals surface area contributed by atoms with Crippen LogP contribution < -0.4 is 10.2 Å². The molecule has 0 atom stereocenters. The van der Waals surface area contributed by atoms with Crippen LogP contribution in [0.1, 0.15) is 26.4 Å². The van der Waals surface area contributed by atoms with Crippen LogP contribution in [0.25, 0.3) is 10.4 Å². The maximum Gasteiger partial charge on any atom is 0.261 e. The van der Waals surface area contributed by atoms with Gasteiger partial charge in [-0.05, 0) is 47.9 Å². The summed E-state index contributed by atoms with van der Waals surface area (Å²) >= 11 is 1.35. The van der Waals surface area contributed by atoms with Gasteiger partial charge in [-0.25, -0.2) is 8.42 Å². The standard InChI is InChI=1S/C22H22N2O3S2/c1-14-4-9-18-20(10-14)29(26,27)13-16-11-19(28-21(16)18)22(25)23-12-15-5-7-17(8-6-15)24(2)3/h4-11H,12-13H2,1-3H3,(H,23,25). The first-order valence-electron chi connectivity index (χ1n) is 9.25. The number of sulfone groups is 1. The fraction of sp³-hybridized carbons (Fsp3) is 0.227. The lowest BCUT2D eigenvalue weighted by atomic mass is 10.1. The number of hydrogen-bond acceptors (Lipinski definition) is 5. The maximum absolute atomic E-state index is 12.7. The van der Waals surface area contributed by atoms with Crippen LogP contribution in [-0.4, -0.2) is 28.4 Å². The summed E-state index contributed by atoms with van der Waals surface area (Å²) in [6, 6.07) is 15.2. The molecule has 5 nitrogen and oxygen atoms in total. The molecular weight excluding hydrogens is 404 g/mol. The van der Waals surface area contributed by atoms with E-state index in [2.05, 4.69) is 5.32 Å². The van der Waals surface area contributed by atoms with E-state index in [-0.39, 0.29) is 11.7 Å². The molecule has 4 rings (SSSR count). The second-order valence-corrected chi connectivity index (χ2v) is 10.5. The van der Waals surface area contributed by atoms with E-state index in [1.54, 1.807) is 12.1 Å². The van der Waals surface area contributed by atoms with Crippen molar-refractivity contribution in [3.8, 4) is 10.4 Å². The lowest BCUT2D eigenvalue weighted by Gasteiger charge is -2.17. The number of anilines is 1. The first-order valence-corrected chi connectivity index (χ1v) is 11.7. The van der Waals surface area contributed by atoms with Gasteiger partial charge in [0.15, 0.2) is 9.84 Å². The molecule has 0 saturated heterocycles.